The minimum Gasteiger partial charge on any atom is -0.333 e. The standard InChI is InChI=1S/C16H24ClNO/c1-6-12(4)18(13(5)7-2)16(19)14-9-8-11(3)15(17)10-14/h8-10,12-13H,6-7H2,1-5H3. The zero-order valence-electron chi connectivity index (χ0n) is 12.5. The Labute approximate surface area is 121 Å². The van der Waals surface area contributed by atoms with Crippen molar-refractivity contribution in [3.05, 3.63) is 34.3 Å². The van der Waals surface area contributed by atoms with Crippen molar-refractivity contribution in [2.75, 3.05) is 0 Å². The molecular formula is C16H24ClNO. The first-order chi connectivity index (χ1) is 8.92. The highest BCUT2D eigenvalue weighted by atomic mass is 35.5. The quantitative estimate of drug-likeness (QED) is 0.767. The molecule has 0 aromatic heterocycles. The number of carbonyl (C=O) groups is 1. The predicted octanol–water partition coefficient (Wildman–Crippen LogP) is 4.69. The molecule has 0 radical (unpaired) electrons. The van der Waals surface area contributed by atoms with Crippen molar-refractivity contribution in [2.24, 2.45) is 0 Å². The Morgan fingerprint density at radius 2 is 1.74 bits per heavy atom. The third kappa shape index (κ3) is 3.73. The van der Waals surface area contributed by atoms with Gasteiger partial charge in [0.25, 0.3) is 5.91 Å². The van der Waals surface area contributed by atoms with Gasteiger partial charge in [-0.15, -0.1) is 0 Å². The van der Waals surface area contributed by atoms with Gasteiger partial charge in [0, 0.05) is 22.7 Å². The van der Waals surface area contributed by atoms with Crippen LogP contribution >= 0.6 is 11.6 Å². The molecule has 1 aromatic carbocycles. The Hall–Kier alpha value is -1.02. The minimum atomic E-state index is 0.0746. The largest absolute Gasteiger partial charge is 0.333 e. The van der Waals surface area contributed by atoms with E-state index in [0.717, 1.165) is 18.4 Å². The van der Waals surface area contributed by atoms with Gasteiger partial charge in [0.15, 0.2) is 0 Å². The van der Waals surface area contributed by atoms with Crippen LogP contribution in [0.2, 0.25) is 5.02 Å². The molecule has 0 saturated carbocycles. The zero-order valence-corrected chi connectivity index (χ0v) is 13.3. The van der Waals surface area contributed by atoms with E-state index in [1.807, 2.05) is 24.0 Å². The van der Waals surface area contributed by atoms with E-state index in [4.69, 9.17) is 11.6 Å². The first kappa shape index (κ1) is 16.0. The molecule has 2 atom stereocenters. The SMILES string of the molecule is CCC(C)N(C(=O)c1ccc(C)c(Cl)c1)C(C)CC. The summed E-state index contributed by atoms with van der Waals surface area (Å²) in [7, 11) is 0. The van der Waals surface area contributed by atoms with Crippen LogP contribution in [-0.4, -0.2) is 22.9 Å². The summed E-state index contributed by atoms with van der Waals surface area (Å²) in [5.41, 5.74) is 1.67. The zero-order chi connectivity index (χ0) is 14.6. The summed E-state index contributed by atoms with van der Waals surface area (Å²) in [6.45, 7) is 10.3. The van der Waals surface area contributed by atoms with E-state index in [-0.39, 0.29) is 18.0 Å². The van der Waals surface area contributed by atoms with Crippen molar-refractivity contribution in [3.8, 4) is 0 Å². The monoisotopic (exact) mass is 281 g/mol. The highest BCUT2D eigenvalue weighted by Gasteiger charge is 2.24. The number of aryl methyl sites for hydroxylation is 1. The van der Waals surface area contributed by atoms with E-state index in [0.29, 0.717) is 10.6 Å². The lowest BCUT2D eigenvalue weighted by atomic mass is 10.1. The molecule has 106 valence electrons. The second-order valence-corrected chi connectivity index (χ2v) is 5.60. The van der Waals surface area contributed by atoms with Gasteiger partial charge in [0.05, 0.1) is 0 Å². The molecule has 2 unspecified atom stereocenters. The normalized spacial score (nSPS) is 14.0. The molecule has 19 heavy (non-hydrogen) atoms. The number of halogens is 1. The number of rotatable bonds is 5. The van der Waals surface area contributed by atoms with Gasteiger partial charge in [0.1, 0.15) is 0 Å². The van der Waals surface area contributed by atoms with Gasteiger partial charge in [0.2, 0.25) is 0 Å². The number of carbonyl (C=O) groups excluding carboxylic acids is 1. The fourth-order valence-electron chi connectivity index (χ4n) is 2.10. The van der Waals surface area contributed by atoms with Crippen molar-refractivity contribution in [1.82, 2.24) is 4.90 Å². The Morgan fingerprint density at radius 3 is 2.16 bits per heavy atom. The van der Waals surface area contributed by atoms with Crippen LogP contribution in [-0.2, 0) is 0 Å². The molecule has 0 aliphatic heterocycles. The number of hydrogen-bond acceptors (Lipinski definition) is 1. The van der Waals surface area contributed by atoms with E-state index in [9.17, 15) is 4.79 Å². The highest BCUT2D eigenvalue weighted by Crippen LogP contribution is 2.21. The third-order valence-corrected chi connectivity index (χ3v) is 4.19. The topological polar surface area (TPSA) is 20.3 Å². The molecule has 0 N–H and O–H groups in total. The van der Waals surface area contributed by atoms with Crippen LogP contribution in [0, 0.1) is 6.92 Å². The molecule has 1 rings (SSSR count). The summed E-state index contributed by atoms with van der Waals surface area (Å²) in [6.07, 6.45) is 1.91. The maximum absolute atomic E-state index is 12.7. The first-order valence-electron chi connectivity index (χ1n) is 7.01. The van der Waals surface area contributed by atoms with Gasteiger partial charge in [-0.3, -0.25) is 4.79 Å². The highest BCUT2D eigenvalue weighted by molar-refractivity contribution is 6.31. The molecule has 0 heterocycles. The summed E-state index contributed by atoms with van der Waals surface area (Å²) < 4.78 is 0. The van der Waals surface area contributed by atoms with Gasteiger partial charge in [-0.25, -0.2) is 0 Å². The number of amides is 1. The van der Waals surface area contributed by atoms with Gasteiger partial charge in [-0.2, -0.15) is 0 Å². The van der Waals surface area contributed by atoms with Crippen molar-refractivity contribution in [1.29, 1.82) is 0 Å². The Kier molecular flexibility index (Phi) is 5.86. The molecule has 0 saturated heterocycles. The Bertz CT molecular complexity index is 434. The molecule has 1 aromatic rings. The van der Waals surface area contributed by atoms with Crippen LogP contribution in [0.5, 0.6) is 0 Å². The Balaban J connectivity index is 3.08. The van der Waals surface area contributed by atoms with Crippen LogP contribution in [0.25, 0.3) is 0 Å². The van der Waals surface area contributed by atoms with E-state index in [1.54, 1.807) is 6.07 Å². The minimum absolute atomic E-state index is 0.0746. The van der Waals surface area contributed by atoms with Crippen LogP contribution < -0.4 is 0 Å². The molecule has 0 aliphatic rings. The fourth-order valence-corrected chi connectivity index (χ4v) is 2.28. The smallest absolute Gasteiger partial charge is 0.254 e. The molecule has 0 fully saturated rings. The van der Waals surface area contributed by atoms with E-state index in [2.05, 4.69) is 27.7 Å². The summed E-state index contributed by atoms with van der Waals surface area (Å²) in [5, 5.41) is 0.652. The van der Waals surface area contributed by atoms with Crippen LogP contribution in [0.4, 0.5) is 0 Å². The molecule has 1 amide bonds. The first-order valence-corrected chi connectivity index (χ1v) is 7.38. The second-order valence-electron chi connectivity index (χ2n) is 5.19. The van der Waals surface area contributed by atoms with E-state index >= 15 is 0 Å². The lowest BCUT2D eigenvalue weighted by Gasteiger charge is -2.34. The van der Waals surface area contributed by atoms with Gasteiger partial charge in [-0.1, -0.05) is 31.5 Å². The molecule has 0 spiro atoms. The molecule has 0 bridgehead atoms. The lowest BCUT2D eigenvalue weighted by molar-refractivity contribution is 0.0598. The van der Waals surface area contributed by atoms with Crippen molar-refractivity contribution in [3.63, 3.8) is 0 Å². The van der Waals surface area contributed by atoms with Crippen molar-refractivity contribution >= 4 is 17.5 Å². The maximum Gasteiger partial charge on any atom is 0.254 e. The Morgan fingerprint density at radius 1 is 1.21 bits per heavy atom. The molecule has 2 nitrogen and oxygen atoms in total. The fraction of sp³-hybridized carbons (Fsp3) is 0.562. The second kappa shape index (κ2) is 6.95. The molecule has 3 heteroatoms. The number of benzene rings is 1. The number of hydrogen-bond donors (Lipinski definition) is 0. The maximum atomic E-state index is 12.7. The molecule has 0 aliphatic carbocycles. The van der Waals surface area contributed by atoms with Crippen LogP contribution in [0.1, 0.15) is 56.5 Å². The van der Waals surface area contributed by atoms with Gasteiger partial charge in [-0.05, 0) is 51.3 Å². The van der Waals surface area contributed by atoms with Crippen LogP contribution in [0.15, 0.2) is 18.2 Å². The van der Waals surface area contributed by atoms with Crippen LogP contribution in [0.3, 0.4) is 0 Å². The van der Waals surface area contributed by atoms with E-state index < -0.39 is 0 Å². The van der Waals surface area contributed by atoms with E-state index in [1.165, 1.54) is 0 Å². The summed E-state index contributed by atoms with van der Waals surface area (Å²) >= 11 is 6.12. The average molecular weight is 282 g/mol. The van der Waals surface area contributed by atoms with Crippen molar-refractivity contribution < 1.29 is 4.79 Å². The van der Waals surface area contributed by atoms with Gasteiger partial charge < -0.3 is 4.90 Å². The summed E-state index contributed by atoms with van der Waals surface area (Å²) in [5.74, 6) is 0.0746. The van der Waals surface area contributed by atoms with Gasteiger partial charge >= 0.3 is 0 Å². The third-order valence-electron chi connectivity index (χ3n) is 3.78. The molecular weight excluding hydrogens is 258 g/mol. The summed E-state index contributed by atoms with van der Waals surface area (Å²) in [4.78, 5) is 14.6. The average Bonchev–Trinajstić information content (AvgIpc) is 2.41. The summed E-state index contributed by atoms with van der Waals surface area (Å²) in [6, 6.07) is 6.02. The van der Waals surface area contributed by atoms with Crippen molar-refractivity contribution in [2.45, 2.75) is 59.5 Å². The number of nitrogens with zero attached hydrogens (tertiary/aromatic N) is 1. The lowest BCUT2D eigenvalue weighted by Crippen LogP contribution is -2.44. The predicted molar refractivity (Wildman–Crippen MR) is 81.9 cm³/mol.